The Balaban J connectivity index is 1.61. The Morgan fingerprint density at radius 2 is 1.76 bits per heavy atom. The molecule has 1 heterocycles. The fourth-order valence-electron chi connectivity index (χ4n) is 3.75. The van der Waals surface area contributed by atoms with Gasteiger partial charge < -0.3 is 24.4 Å². The first kappa shape index (κ1) is 20.8. The van der Waals surface area contributed by atoms with Crippen LogP contribution in [0, 0.1) is 0 Å². The van der Waals surface area contributed by atoms with Gasteiger partial charge in [0, 0.05) is 25.6 Å². The summed E-state index contributed by atoms with van der Waals surface area (Å²) in [7, 11) is 4.89. The van der Waals surface area contributed by atoms with Crippen molar-refractivity contribution in [1.29, 1.82) is 0 Å². The zero-order valence-electron chi connectivity index (χ0n) is 17.4. The maximum Gasteiger partial charge on any atom is 0.317 e. The molecule has 6 heteroatoms. The second-order valence-electron chi connectivity index (χ2n) is 7.26. The first-order chi connectivity index (χ1) is 14.1. The number of nitrogens with zero attached hydrogens (tertiary/aromatic N) is 1. The molecule has 1 saturated heterocycles. The topological polar surface area (TPSA) is 60.0 Å². The highest BCUT2D eigenvalue weighted by molar-refractivity contribution is 5.74. The lowest BCUT2D eigenvalue weighted by atomic mass is 9.94. The Kier molecular flexibility index (Phi) is 7.22. The zero-order chi connectivity index (χ0) is 20.6. The van der Waals surface area contributed by atoms with Crippen LogP contribution in [0.15, 0.2) is 42.5 Å². The van der Waals surface area contributed by atoms with Crippen LogP contribution in [0.3, 0.4) is 0 Å². The van der Waals surface area contributed by atoms with Gasteiger partial charge in [0.15, 0.2) is 11.5 Å². The van der Waals surface area contributed by atoms with Crippen molar-refractivity contribution in [3.8, 4) is 17.2 Å². The van der Waals surface area contributed by atoms with Gasteiger partial charge in [0.1, 0.15) is 5.75 Å². The molecular weight excluding hydrogens is 368 g/mol. The number of hydrogen-bond donors (Lipinski definition) is 1. The van der Waals surface area contributed by atoms with E-state index in [-0.39, 0.29) is 6.03 Å². The summed E-state index contributed by atoms with van der Waals surface area (Å²) in [5.41, 5.74) is 2.22. The van der Waals surface area contributed by atoms with Crippen LogP contribution in [0.1, 0.15) is 36.3 Å². The van der Waals surface area contributed by atoms with E-state index in [0.29, 0.717) is 24.0 Å². The fourth-order valence-corrected chi connectivity index (χ4v) is 3.75. The van der Waals surface area contributed by atoms with E-state index < -0.39 is 0 Å². The SMILES string of the molecule is COc1ccc(C2CCCCN(C(=O)NCc3ccc(OC)c(OC)c3)C2)cc1. The number of hydrogen-bond acceptors (Lipinski definition) is 4. The van der Waals surface area contributed by atoms with E-state index in [1.54, 1.807) is 21.3 Å². The number of amides is 2. The molecule has 29 heavy (non-hydrogen) atoms. The maximum atomic E-state index is 12.8. The van der Waals surface area contributed by atoms with Crippen LogP contribution in [0.4, 0.5) is 4.79 Å². The number of urea groups is 1. The molecule has 2 aromatic rings. The molecule has 0 aliphatic carbocycles. The Hall–Kier alpha value is -2.89. The Labute approximate surface area is 172 Å². The lowest BCUT2D eigenvalue weighted by molar-refractivity contribution is 0.197. The van der Waals surface area contributed by atoms with Crippen molar-refractivity contribution >= 4 is 6.03 Å². The summed E-state index contributed by atoms with van der Waals surface area (Å²) in [6, 6.07) is 13.8. The normalized spacial score (nSPS) is 16.7. The van der Waals surface area contributed by atoms with Gasteiger partial charge in [0.25, 0.3) is 0 Å². The molecule has 0 saturated carbocycles. The van der Waals surface area contributed by atoms with E-state index in [1.165, 1.54) is 5.56 Å². The summed E-state index contributed by atoms with van der Waals surface area (Å²) >= 11 is 0. The van der Waals surface area contributed by atoms with Gasteiger partial charge in [0.05, 0.1) is 21.3 Å². The highest BCUT2D eigenvalue weighted by Crippen LogP contribution is 2.29. The lowest BCUT2D eigenvalue weighted by Gasteiger charge is -2.25. The van der Waals surface area contributed by atoms with Crippen molar-refractivity contribution in [1.82, 2.24) is 10.2 Å². The highest BCUT2D eigenvalue weighted by atomic mass is 16.5. The van der Waals surface area contributed by atoms with Crippen LogP contribution < -0.4 is 19.5 Å². The molecular formula is C23H30N2O4. The van der Waals surface area contributed by atoms with Gasteiger partial charge in [-0.25, -0.2) is 4.79 Å². The van der Waals surface area contributed by atoms with Gasteiger partial charge in [-0.2, -0.15) is 0 Å². The number of rotatable bonds is 6. The molecule has 3 rings (SSSR count). The molecule has 0 spiro atoms. The van der Waals surface area contributed by atoms with Gasteiger partial charge in [-0.15, -0.1) is 0 Å². The van der Waals surface area contributed by atoms with Crippen LogP contribution in [0.25, 0.3) is 0 Å². The number of nitrogens with one attached hydrogen (secondary N) is 1. The Morgan fingerprint density at radius 3 is 2.45 bits per heavy atom. The molecule has 0 bridgehead atoms. The fraction of sp³-hybridized carbons (Fsp3) is 0.435. The predicted molar refractivity (Wildman–Crippen MR) is 113 cm³/mol. The lowest BCUT2D eigenvalue weighted by Crippen LogP contribution is -2.41. The average molecular weight is 399 g/mol. The third kappa shape index (κ3) is 5.34. The number of ether oxygens (including phenoxy) is 3. The van der Waals surface area contributed by atoms with Crippen LogP contribution in [0.2, 0.25) is 0 Å². The minimum atomic E-state index is -0.0276. The summed E-state index contributed by atoms with van der Waals surface area (Å²) in [5.74, 6) is 2.54. The molecule has 1 atom stereocenters. The highest BCUT2D eigenvalue weighted by Gasteiger charge is 2.23. The van der Waals surface area contributed by atoms with Gasteiger partial charge >= 0.3 is 6.03 Å². The summed E-state index contributed by atoms with van der Waals surface area (Å²) in [6.45, 7) is 1.96. The van der Waals surface area contributed by atoms with Crippen molar-refractivity contribution in [2.45, 2.75) is 31.7 Å². The summed E-state index contributed by atoms with van der Waals surface area (Å²) in [5, 5.41) is 3.05. The number of likely N-dealkylation sites (tertiary alicyclic amines) is 1. The van der Waals surface area contributed by atoms with Crippen molar-refractivity contribution < 1.29 is 19.0 Å². The quantitative estimate of drug-likeness (QED) is 0.793. The molecule has 2 amide bonds. The second kappa shape index (κ2) is 10.0. The number of methoxy groups -OCH3 is 3. The van der Waals surface area contributed by atoms with Crippen LogP contribution in [-0.2, 0) is 6.54 Å². The smallest absolute Gasteiger partial charge is 0.317 e. The molecule has 2 aromatic carbocycles. The largest absolute Gasteiger partial charge is 0.497 e. The predicted octanol–water partition coefficient (Wildman–Crippen LogP) is 4.19. The van der Waals surface area contributed by atoms with Crippen molar-refractivity contribution in [3.05, 3.63) is 53.6 Å². The molecule has 1 N–H and O–H groups in total. The molecule has 6 nitrogen and oxygen atoms in total. The molecule has 1 aliphatic heterocycles. The third-order valence-corrected chi connectivity index (χ3v) is 5.44. The van der Waals surface area contributed by atoms with E-state index in [2.05, 4.69) is 17.4 Å². The van der Waals surface area contributed by atoms with E-state index in [0.717, 1.165) is 43.7 Å². The van der Waals surface area contributed by atoms with Crippen LogP contribution in [-0.4, -0.2) is 45.3 Å². The number of benzene rings is 2. The molecule has 1 fully saturated rings. The molecule has 156 valence electrons. The van der Waals surface area contributed by atoms with Crippen molar-refractivity contribution in [2.75, 3.05) is 34.4 Å². The van der Waals surface area contributed by atoms with E-state index >= 15 is 0 Å². The van der Waals surface area contributed by atoms with Crippen LogP contribution in [0.5, 0.6) is 17.2 Å². The van der Waals surface area contributed by atoms with Gasteiger partial charge in [0.2, 0.25) is 0 Å². The molecule has 0 radical (unpaired) electrons. The summed E-state index contributed by atoms with van der Waals surface area (Å²) in [6.07, 6.45) is 3.23. The third-order valence-electron chi connectivity index (χ3n) is 5.44. The molecule has 1 unspecified atom stereocenters. The molecule has 1 aliphatic rings. The Morgan fingerprint density at radius 1 is 1.00 bits per heavy atom. The summed E-state index contributed by atoms with van der Waals surface area (Å²) < 4.78 is 15.9. The van der Waals surface area contributed by atoms with Crippen molar-refractivity contribution in [2.24, 2.45) is 0 Å². The molecule has 0 aromatic heterocycles. The standard InChI is InChI=1S/C23H30N2O4/c1-27-20-10-8-18(9-11-20)19-6-4-5-13-25(16-19)23(26)24-15-17-7-12-21(28-2)22(14-17)29-3/h7-12,14,19H,4-6,13,15-16H2,1-3H3,(H,24,26). The number of carbonyl (C=O) groups is 1. The van der Waals surface area contributed by atoms with Crippen LogP contribution >= 0.6 is 0 Å². The van der Waals surface area contributed by atoms with Gasteiger partial charge in [-0.05, 0) is 48.2 Å². The zero-order valence-corrected chi connectivity index (χ0v) is 17.4. The second-order valence-corrected chi connectivity index (χ2v) is 7.26. The maximum absolute atomic E-state index is 12.8. The van der Waals surface area contributed by atoms with E-state index in [4.69, 9.17) is 14.2 Å². The van der Waals surface area contributed by atoms with E-state index in [1.807, 2.05) is 35.2 Å². The first-order valence-corrected chi connectivity index (χ1v) is 10.0. The average Bonchev–Trinajstić information content (AvgIpc) is 3.03. The first-order valence-electron chi connectivity index (χ1n) is 10.0. The Bertz CT molecular complexity index is 807. The van der Waals surface area contributed by atoms with Crippen molar-refractivity contribution in [3.63, 3.8) is 0 Å². The van der Waals surface area contributed by atoms with Gasteiger partial charge in [-0.3, -0.25) is 0 Å². The van der Waals surface area contributed by atoms with Gasteiger partial charge in [-0.1, -0.05) is 24.6 Å². The number of carbonyl (C=O) groups excluding carboxylic acids is 1. The minimum Gasteiger partial charge on any atom is -0.497 e. The summed E-state index contributed by atoms with van der Waals surface area (Å²) in [4.78, 5) is 14.8. The minimum absolute atomic E-state index is 0.0276. The monoisotopic (exact) mass is 398 g/mol. The van der Waals surface area contributed by atoms with E-state index in [9.17, 15) is 4.79 Å².